The lowest BCUT2D eigenvalue weighted by Gasteiger charge is -2.37. The summed E-state index contributed by atoms with van der Waals surface area (Å²) in [6.07, 6.45) is 6.43. The van der Waals surface area contributed by atoms with E-state index in [0.717, 1.165) is 73.3 Å². The van der Waals surface area contributed by atoms with Crippen LogP contribution >= 0.6 is 23.4 Å². The van der Waals surface area contributed by atoms with E-state index in [9.17, 15) is 23.3 Å². The number of rotatable bonds is 17. The number of amides is 1. The molecule has 320 valence electrons. The maximum Gasteiger partial charge on any atom is 0.294 e. The number of nitrogens with two attached hydrogens (primary N) is 1. The molecule has 4 N–H and O–H groups in total. The highest BCUT2D eigenvalue weighted by atomic mass is 35.5. The number of piperazine rings is 1. The fourth-order valence-electron chi connectivity index (χ4n) is 7.86. The number of carbonyl (C=O) groups excluding carboxylic acids is 1. The number of allylic oxidation sites excluding steroid dienone is 1. The third kappa shape index (κ3) is 11.0. The van der Waals surface area contributed by atoms with Gasteiger partial charge in [0, 0.05) is 71.6 Å². The maximum atomic E-state index is 14.0. The van der Waals surface area contributed by atoms with Gasteiger partial charge < -0.3 is 20.9 Å². The number of hydrogen-bond donors (Lipinski definition) is 3. The number of nitrogens with zero attached hydrogens (tertiary/aromatic N) is 6. The number of sulfonamides is 1. The Hall–Kier alpha value is -5.26. The molecule has 14 nitrogen and oxygen atoms in total. The van der Waals surface area contributed by atoms with Crippen molar-refractivity contribution in [3.63, 3.8) is 0 Å². The molecule has 2 heterocycles. The van der Waals surface area contributed by atoms with E-state index in [1.807, 2.05) is 73.6 Å². The average Bonchev–Trinajstić information content (AvgIpc) is 3.25. The molecule has 2 aliphatic rings. The Morgan fingerprint density at radius 1 is 0.984 bits per heavy atom. The average molecular weight is 885 g/mol. The van der Waals surface area contributed by atoms with E-state index in [0.29, 0.717) is 29.6 Å². The first-order valence-electron chi connectivity index (χ1n) is 20.3. The largest absolute Gasteiger partial charge is 0.375 e. The van der Waals surface area contributed by atoms with Gasteiger partial charge >= 0.3 is 0 Å². The van der Waals surface area contributed by atoms with Crippen molar-refractivity contribution in [2.75, 3.05) is 74.1 Å². The van der Waals surface area contributed by atoms with Crippen LogP contribution in [0.2, 0.25) is 5.02 Å². The first-order chi connectivity index (χ1) is 29.3. The number of benzene rings is 4. The number of nitro groups is 1. The standard InChI is InChI=1S/C44H50ClN9O5S2/c1-51(2)19-18-33(28-60-35-9-4-3-5-10-35)49-42-39(43(46)55)25-36(26-41(42)54(56)57)61(58,59)50-44-38-17-16-34(24-40(38)47-29-48-44)53-22-20-52(21-23-53)27-31-8-6-7-11-37(31)30-12-14-32(45)15-13-30/h3-5,9-10,12-17,24-26,29,33,49H,6-8,11,18-23,27-28H2,1-2H3,(H2,46,55)(H,47,48,50). The van der Waals surface area contributed by atoms with Crippen molar-refractivity contribution in [3.05, 3.63) is 123 Å². The van der Waals surface area contributed by atoms with Gasteiger partial charge in [-0.2, -0.15) is 0 Å². The fourth-order valence-corrected chi connectivity index (χ4v) is 10.1. The first-order valence-corrected chi connectivity index (χ1v) is 23.1. The monoisotopic (exact) mass is 883 g/mol. The van der Waals surface area contributed by atoms with Gasteiger partial charge in [0.1, 0.15) is 12.0 Å². The Balaban J connectivity index is 1.07. The molecule has 4 aromatic carbocycles. The fraction of sp³-hybridized carbons (Fsp3) is 0.341. The Morgan fingerprint density at radius 3 is 2.43 bits per heavy atom. The van der Waals surface area contributed by atoms with Crippen LogP contribution in [0.1, 0.15) is 48.0 Å². The molecule has 5 aromatic rings. The van der Waals surface area contributed by atoms with E-state index >= 15 is 0 Å². The second-order valence-corrected chi connectivity index (χ2v) is 18.8. The minimum Gasteiger partial charge on any atom is -0.375 e. The molecule has 61 heavy (non-hydrogen) atoms. The van der Waals surface area contributed by atoms with Crippen molar-refractivity contribution in [3.8, 4) is 0 Å². The summed E-state index contributed by atoms with van der Waals surface area (Å²) in [5, 5.41) is 16.9. The highest BCUT2D eigenvalue weighted by Gasteiger charge is 2.30. The van der Waals surface area contributed by atoms with E-state index in [2.05, 4.69) is 41.9 Å². The predicted octanol–water partition coefficient (Wildman–Crippen LogP) is 7.77. The number of hydrogen-bond acceptors (Lipinski definition) is 12. The molecule has 1 atom stereocenters. The third-order valence-corrected chi connectivity index (χ3v) is 13.9. The van der Waals surface area contributed by atoms with Crippen molar-refractivity contribution in [1.29, 1.82) is 0 Å². The SMILES string of the molecule is CN(C)CCC(CSc1ccccc1)Nc1c(C(N)=O)cc(S(=O)(=O)Nc2ncnc3cc(N4CCN(CC5=C(c6ccc(Cl)cc6)CCCC5)CC4)ccc23)cc1[N+](=O)[O-]. The van der Waals surface area contributed by atoms with Crippen LogP contribution < -0.4 is 20.7 Å². The van der Waals surface area contributed by atoms with Gasteiger partial charge in [0.15, 0.2) is 5.82 Å². The van der Waals surface area contributed by atoms with Crippen molar-refractivity contribution in [2.24, 2.45) is 5.73 Å². The van der Waals surface area contributed by atoms with Gasteiger partial charge in [-0.25, -0.2) is 18.4 Å². The van der Waals surface area contributed by atoms with Gasteiger partial charge in [-0.1, -0.05) is 47.5 Å². The number of carbonyl (C=O) groups is 1. The van der Waals surface area contributed by atoms with Crippen molar-refractivity contribution >= 4 is 78.6 Å². The predicted molar refractivity (Wildman–Crippen MR) is 245 cm³/mol. The van der Waals surface area contributed by atoms with Crippen LogP contribution in [-0.4, -0.2) is 104 Å². The van der Waals surface area contributed by atoms with Gasteiger partial charge in [0.25, 0.3) is 21.6 Å². The van der Waals surface area contributed by atoms with E-state index in [1.165, 1.54) is 35.9 Å². The lowest BCUT2D eigenvalue weighted by Crippen LogP contribution is -2.47. The van der Waals surface area contributed by atoms with Crippen molar-refractivity contribution in [2.45, 2.75) is 47.9 Å². The van der Waals surface area contributed by atoms with Gasteiger partial charge in [-0.15, -0.1) is 11.8 Å². The highest BCUT2D eigenvalue weighted by molar-refractivity contribution is 7.99. The highest BCUT2D eigenvalue weighted by Crippen LogP contribution is 2.36. The van der Waals surface area contributed by atoms with Gasteiger partial charge in [-0.05, 0) is 112 Å². The van der Waals surface area contributed by atoms with Gasteiger partial charge in [0.05, 0.1) is 20.9 Å². The molecule has 0 bridgehead atoms. The number of thioether (sulfide) groups is 1. The van der Waals surface area contributed by atoms with Crippen LogP contribution in [0.3, 0.4) is 0 Å². The van der Waals surface area contributed by atoms with Crippen LogP contribution in [0.4, 0.5) is 22.9 Å². The zero-order chi connectivity index (χ0) is 43.1. The summed E-state index contributed by atoms with van der Waals surface area (Å²) in [5.41, 5.74) is 10.4. The molecule has 1 saturated heterocycles. The van der Waals surface area contributed by atoms with Crippen LogP contribution in [0.25, 0.3) is 16.5 Å². The second-order valence-electron chi connectivity index (χ2n) is 15.6. The summed E-state index contributed by atoms with van der Waals surface area (Å²) in [7, 11) is -0.681. The maximum absolute atomic E-state index is 14.0. The molecule has 1 aliphatic heterocycles. The Labute approximate surface area is 365 Å². The number of primary amides is 1. The Kier molecular flexibility index (Phi) is 14.1. The second kappa shape index (κ2) is 19.6. The van der Waals surface area contributed by atoms with E-state index in [1.54, 1.807) is 17.8 Å². The lowest BCUT2D eigenvalue weighted by atomic mass is 9.87. The van der Waals surface area contributed by atoms with Crippen molar-refractivity contribution < 1.29 is 18.1 Å². The normalized spacial score (nSPS) is 15.6. The topological polar surface area (TPSA) is 180 Å². The van der Waals surface area contributed by atoms with Crippen LogP contribution in [0, 0.1) is 10.1 Å². The summed E-state index contributed by atoms with van der Waals surface area (Å²) in [6, 6.07) is 25.1. The molecule has 1 unspecified atom stereocenters. The molecule has 1 fully saturated rings. The molecule has 0 spiro atoms. The zero-order valence-electron chi connectivity index (χ0n) is 34.2. The quantitative estimate of drug-likeness (QED) is 0.0470. The number of fused-ring (bicyclic) bond motifs is 1. The lowest BCUT2D eigenvalue weighted by molar-refractivity contribution is -0.384. The van der Waals surface area contributed by atoms with Gasteiger partial charge in [0.2, 0.25) is 0 Å². The van der Waals surface area contributed by atoms with E-state index < -0.39 is 31.4 Å². The summed E-state index contributed by atoms with van der Waals surface area (Å²) < 4.78 is 30.4. The molecule has 0 radical (unpaired) electrons. The molecule has 1 aromatic heterocycles. The molecule has 17 heteroatoms. The minimum absolute atomic E-state index is 0.00853. The molecule has 1 amide bonds. The number of halogens is 1. The first kappa shape index (κ1) is 43.8. The summed E-state index contributed by atoms with van der Waals surface area (Å²) >= 11 is 7.73. The summed E-state index contributed by atoms with van der Waals surface area (Å²) in [6.45, 7) is 5.00. The number of nitro benzene ring substituents is 1. The Morgan fingerprint density at radius 2 is 1.72 bits per heavy atom. The number of anilines is 3. The molecule has 7 rings (SSSR count). The minimum atomic E-state index is -4.52. The van der Waals surface area contributed by atoms with Gasteiger partial charge in [-0.3, -0.25) is 24.5 Å². The Bertz CT molecular complexity index is 2480. The van der Waals surface area contributed by atoms with E-state index in [4.69, 9.17) is 17.3 Å². The van der Waals surface area contributed by atoms with E-state index in [-0.39, 0.29) is 23.1 Å². The number of aromatic nitrogens is 2. The number of nitrogens with one attached hydrogen (secondary N) is 2. The van der Waals surface area contributed by atoms with Crippen molar-refractivity contribution in [1.82, 2.24) is 19.8 Å². The smallest absolute Gasteiger partial charge is 0.294 e. The summed E-state index contributed by atoms with van der Waals surface area (Å²) in [4.78, 5) is 40.7. The van der Waals surface area contributed by atoms with Crippen LogP contribution in [0.15, 0.2) is 107 Å². The molecular formula is C44H50ClN9O5S2. The molecule has 1 aliphatic carbocycles. The third-order valence-electron chi connectivity index (χ3n) is 11.1. The summed E-state index contributed by atoms with van der Waals surface area (Å²) in [5.74, 6) is -0.511. The zero-order valence-corrected chi connectivity index (χ0v) is 36.6. The molecule has 0 saturated carbocycles. The van der Waals surface area contributed by atoms with Crippen LogP contribution in [0.5, 0.6) is 0 Å². The molecular weight excluding hydrogens is 834 g/mol. The van der Waals surface area contributed by atoms with Crippen LogP contribution in [-0.2, 0) is 10.0 Å².